The monoisotopic (exact) mass is 307 g/mol. The molecule has 0 saturated heterocycles. The lowest BCUT2D eigenvalue weighted by Crippen LogP contribution is -1.99. The van der Waals surface area contributed by atoms with Crippen LogP contribution in [0.1, 0.15) is 24.5 Å². The number of aromatic nitrogens is 2. The Balaban J connectivity index is 2.63. The number of nitrogens with two attached hydrogens (primary N) is 1. The zero-order chi connectivity index (χ0) is 13.3. The lowest BCUT2D eigenvalue weighted by molar-refractivity contribution is 0.781. The highest BCUT2D eigenvalue weighted by Crippen LogP contribution is 2.31. The van der Waals surface area contributed by atoms with Gasteiger partial charge in [0.25, 0.3) is 0 Å². The summed E-state index contributed by atoms with van der Waals surface area (Å²) in [5.41, 5.74) is 10.6. The third kappa shape index (κ3) is 2.29. The van der Waals surface area contributed by atoms with E-state index in [-0.39, 0.29) is 0 Å². The van der Waals surface area contributed by atoms with Gasteiger partial charge in [0.15, 0.2) is 0 Å². The topological polar surface area (TPSA) is 43.8 Å². The lowest BCUT2D eigenvalue weighted by Gasteiger charge is -2.06. The number of aryl methyl sites for hydroxylation is 2. The van der Waals surface area contributed by atoms with E-state index in [1.165, 1.54) is 5.56 Å². The standard InChI is InChI=1S/C14H18BrN3/c1-4-5-11-13(17-18(3)14(11)16)12-8-10(15)7-6-9(12)2/h6-8H,4-5,16H2,1-3H3. The molecule has 0 saturated carbocycles. The Bertz CT molecular complexity index is 573. The van der Waals surface area contributed by atoms with Crippen LogP contribution in [0.2, 0.25) is 0 Å². The fraction of sp³-hybridized carbons (Fsp3) is 0.357. The first-order chi connectivity index (χ1) is 8.54. The molecule has 0 bridgehead atoms. The van der Waals surface area contributed by atoms with Crippen LogP contribution in [0.15, 0.2) is 22.7 Å². The van der Waals surface area contributed by atoms with E-state index in [9.17, 15) is 0 Å². The molecule has 0 fully saturated rings. The molecule has 0 atom stereocenters. The van der Waals surface area contributed by atoms with Crippen molar-refractivity contribution in [1.82, 2.24) is 9.78 Å². The predicted molar refractivity (Wildman–Crippen MR) is 79.5 cm³/mol. The van der Waals surface area contributed by atoms with Crippen LogP contribution in [0.5, 0.6) is 0 Å². The molecule has 1 heterocycles. The highest BCUT2D eigenvalue weighted by molar-refractivity contribution is 9.10. The van der Waals surface area contributed by atoms with Gasteiger partial charge in [-0.05, 0) is 31.0 Å². The maximum atomic E-state index is 6.10. The number of halogens is 1. The number of nitrogens with zero attached hydrogens (tertiary/aromatic N) is 2. The Morgan fingerprint density at radius 3 is 2.78 bits per heavy atom. The zero-order valence-electron chi connectivity index (χ0n) is 11.0. The first kappa shape index (κ1) is 13.1. The van der Waals surface area contributed by atoms with Crippen molar-refractivity contribution in [3.63, 3.8) is 0 Å². The third-order valence-corrected chi connectivity index (χ3v) is 3.64. The van der Waals surface area contributed by atoms with Gasteiger partial charge in [-0.3, -0.25) is 4.68 Å². The molecule has 96 valence electrons. The Kier molecular flexibility index (Phi) is 3.76. The molecule has 2 aromatic rings. The van der Waals surface area contributed by atoms with Gasteiger partial charge in [-0.15, -0.1) is 0 Å². The Hall–Kier alpha value is -1.29. The minimum Gasteiger partial charge on any atom is -0.384 e. The largest absolute Gasteiger partial charge is 0.384 e. The van der Waals surface area contributed by atoms with E-state index in [1.54, 1.807) is 4.68 Å². The first-order valence-corrected chi connectivity index (χ1v) is 6.91. The van der Waals surface area contributed by atoms with Crippen LogP contribution in [0, 0.1) is 6.92 Å². The van der Waals surface area contributed by atoms with Gasteiger partial charge in [-0.2, -0.15) is 5.10 Å². The van der Waals surface area contributed by atoms with Crippen LogP contribution in [0.3, 0.4) is 0 Å². The normalized spacial score (nSPS) is 10.9. The maximum absolute atomic E-state index is 6.10. The summed E-state index contributed by atoms with van der Waals surface area (Å²) in [6, 6.07) is 6.25. The predicted octanol–water partition coefficient (Wildman–Crippen LogP) is 3.69. The fourth-order valence-corrected chi connectivity index (χ4v) is 2.50. The van der Waals surface area contributed by atoms with E-state index in [1.807, 2.05) is 13.1 Å². The molecule has 0 amide bonds. The van der Waals surface area contributed by atoms with Crippen molar-refractivity contribution in [1.29, 1.82) is 0 Å². The molecule has 0 aliphatic carbocycles. The molecule has 0 aliphatic rings. The van der Waals surface area contributed by atoms with E-state index in [0.717, 1.165) is 40.0 Å². The van der Waals surface area contributed by atoms with E-state index >= 15 is 0 Å². The number of nitrogen functional groups attached to an aromatic ring is 1. The average Bonchev–Trinajstić information content (AvgIpc) is 2.61. The molecule has 4 heteroatoms. The third-order valence-electron chi connectivity index (χ3n) is 3.15. The average molecular weight is 308 g/mol. The molecule has 0 spiro atoms. The minimum atomic E-state index is 0.770. The maximum Gasteiger partial charge on any atom is 0.125 e. The van der Waals surface area contributed by atoms with Crippen molar-refractivity contribution in [2.45, 2.75) is 26.7 Å². The summed E-state index contributed by atoms with van der Waals surface area (Å²) >= 11 is 3.52. The van der Waals surface area contributed by atoms with Crippen molar-refractivity contribution in [2.24, 2.45) is 7.05 Å². The Labute approximate surface area is 116 Å². The molecule has 18 heavy (non-hydrogen) atoms. The molecule has 1 aromatic carbocycles. The second kappa shape index (κ2) is 5.14. The van der Waals surface area contributed by atoms with Gasteiger partial charge in [-0.1, -0.05) is 35.3 Å². The molecule has 0 aliphatic heterocycles. The van der Waals surface area contributed by atoms with Gasteiger partial charge >= 0.3 is 0 Å². The molecule has 0 unspecified atom stereocenters. The van der Waals surface area contributed by atoms with Gasteiger partial charge in [0.05, 0.1) is 5.69 Å². The molecule has 1 aromatic heterocycles. The lowest BCUT2D eigenvalue weighted by atomic mass is 10.0. The number of benzene rings is 1. The molecule has 2 N–H and O–H groups in total. The van der Waals surface area contributed by atoms with Crippen LogP contribution in [0.25, 0.3) is 11.3 Å². The summed E-state index contributed by atoms with van der Waals surface area (Å²) in [5, 5.41) is 4.57. The van der Waals surface area contributed by atoms with Gasteiger partial charge < -0.3 is 5.73 Å². The zero-order valence-corrected chi connectivity index (χ0v) is 12.6. The van der Waals surface area contributed by atoms with Crippen LogP contribution in [0.4, 0.5) is 5.82 Å². The van der Waals surface area contributed by atoms with E-state index in [4.69, 9.17) is 5.73 Å². The van der Waals surface area contributed by atoms with Crippen molar-refractivity contribution >= 4 is 21.7 Å². The molecule has 2 rings (SSSR count). The van der Waals surface area contributed by atoms with Crippen LogP contribution >= 0.6 is 15.9 Å². The summed E-state index contributed by atoms with van der Waals surface area (Å²) < 4.78 is 2.83. The molecular formula is C14H18BrN3. The first-order valence-electron chi connectivity index (χ1n) is 6.12. The van der Waals surface area contributed by atoms with Crippen LogP contribution in [-0.2, 0) is 13.5 Å². The highest BCUT2D eigenvalue weighted by atomic mass is 79.9. The van der Waals surface area contributed by atoms with Crippen molar-refractivity contribution in [3.8, 4) is 11.3 Å². The van der Waals surface area contributed by atoms with Crippen LogP contribution < -0.4 is 5.73 Å². The number of hydrogen-bond donors (Lipinski definition) is 1. The number of anilines is 1. The summed E-state index contributed by atoms with van der Waals surface area (Å²) in [6.45, 7) is 4.26. The van der Waals surface area contributed by atoms with Crippen molar-refractivity contribution < 1.29 is 0 Å². The summed E-state index contributed by atoms with van der Waals surface area (Å²) in [4.78, 5) is 0. The molecule has 3 nitrogen and oxygen atoms in total. The number of rotatable bonds is 3. The summed E-state index contributed by atoms with van der Waals surface area (Å²) in [5.74, 6) is 0.770. The van der Waals surface area contributed by atoms with Crippen molar-refractivity contribution in [3.05, 3.63) is 33.8 Å². The van der Waals surface area contributed by atoms with E-state index in [0.29, 0.717) is 0 Å². The summed E-state index contributed by atoms with van der Waals surface area (Å²) in [7, 11) is 1.89. The highest BCUT2D eigenvalue weighted by Gasteiger charge is 2.16. The van der Waals surface area contributed by atoms with Gasteiger partial charge in [0.2, 0.25) is 0 Å². The minimum absolute atomic E-state index is 0.770. The number of hydrogen-bond acceptors (Lipinski definition) is 2. The SMILES string of the molecule is CCCc1c(-c2cc(Br)ccc2C)nn(C)c1N. The Morgan fingerprint density at radius 1 is 1.39 bits per heavy atom. The molecule has 0 radical (unpaired) electrons. The quantitative estimate of drug-likeness (QED) is 0.939. The van der Waals surface area contributed by atoms with Gasteiger partial charge in [-0.25, -0.2) is 0 Å². The molecular weight excluding hydrogens is 290 g/mol. The summed E-state index contributed by atoms with van der Waals surface area (Å²) in [6.07, 6.45) is 2.02. The smallest absolute Gasteiger partial charge is 0.125 e. The van der Waals surface area contributed by atoms with Crippen LogP contribution in [-0.4, -0.2) is 9.78 Å². The Morgan fingerprint density at radius 2 is 2.11 bits per heavy atom. The second-order valence-electron chi connectivity index (χ2n) is 4.55. The van der Waals surface area contributed by atoms with E-state index < -0.39 is 0 Å². The second-order valence-corrected chi connectivity index (χ2v) is 5.46. The van der Waals surface area contributed by atoms with Gasteiger partial charge in [0.1, 0.15) is 5.82 Å². The fourth-order valence-electron chi connectivity index (χ4n) is 2.14. The van der Waals surface area contributed by atoms with E-state index in [2.05, 4.69) is 47.0 Å². The van der Waals surface area contributed by atoms with Gasteiger partial charge in [0, 0.05) is 22.6 Å². The van der Waals surface area contributed by atoms with Crippen molar-refractivity contribution in [2.75, 3.05) is 5.73 Å².